The molecule has 5 nitrogen and oxygen atoms in total. The van der Waals surface area contributed by atoms with Crippen LogP contribution in [0.15, 0.2) is 53.4 Å². The fourth-order valence-corrected chi connectivity index (χ4v) is 4.23. The summed E-state index contributed by atoms with van der Waals surface area (Å²) in [6, 6.07) is 13.7. The van der Waals surface area contributed by atoms with Crippen LogP contribution in [-0.2, 0) is 10.0 Å². The van der Waals surface area contributed by atoms with Gasteiger partial charge in [-0.05, 0) is 36.9 Å². The summed E-state index contributed by atoms with van der Waals surface area (Å²) in [6.45, 7) is 6.82. The van der Waals surface area contributed by atoms with Crippen LogP contribution in [0.25, 0.3) is 0 Å². The van der Waals surface area contributed by atoms with Crippen LogP contribution in [0.2, 0.25) is 5.02 Å². The number of benzene rings is 2. The van der Waals surface area contributed by atoms with E-state index >= 15 is 0 Å². The maximum atomic E-state index is 12.7. The van der Waals surface area contributed by atoms with Gasteiger partial charge in [-0.1, -0.05) is 36.7 Å². The Morgan fingerprint density at radius 1 is 1.04 bits per heavy atom. The molecule has 1 fully saturated rings. The molecule has 25 heavy (non-hydrogen) atoms. The zero-order valence-corrected chi connectivity index (χ0v) is 15.7. The van der Waals surface area contributed by atoms with Crippen molar-refractivity contribution in [1.82, 2.24) is 4.90 Å². The SMILES string of the molecule is CCN1CCN(c2ccc(Cl)cc2NS(=O)(=O)c2ccccc2)CC1. The highest BCUT2D eigenvalue weighted by Gasteiger charge is 2.21. The van der Waals surface area contributed by atoms with Crippen molar-refractivity contribution in [2.75, 3.05) is 42.3 Å². The van der Waals surface area contributed by atoms with Crippen molar-refractivity contribution in [2.24, 2.45) is 0 Å². The van der Waals surface area contributed by atoms with E-state index in [1.165, 1.54) is 0 Å². The maximum Gasteiger partial charge on any atom is 0.261 e. The third kappa shape index (κ3) is 4.26. The van der Waals surface area contributed by atoms with Crippen molar-refractivity contribution >= 4 is 33.0 Å². The Kier molecular flexibility index (Phi) is 5.51. The highest BCUT2D eigenvalue weighted by atomic mass is 35.5. The summed E-state index contributed by atoms with van der Waals surface area (Å²) in [6.07, 6.45) is 0. The average Bonchev–Trinajstić information content (AvgIpc) is 2.62. The lowest BCUT2D eigenvalue weighted by Crippen LogP contribution is -2.46. The van der Waals surface area contributed by atoms with E-state index in [1.807, 2.05) is 6.07 Å². The summed E-state index contributed by atoms with van der Waals surface area (Å²) < 4.78 is 28.0. The van der Waals surface area contributed by atoms with Crippen molar-refractivity contribution in [3.05, 3.63) is 53.6 Å². The molecule has 0 atom stereocenters. The van der Waals surface area contributed by atoms with Crippen LogP contribution in [0.1, 0.15) is 6.92 Å². The zero-order valence-electron chi connectivity index (χ0n) is 14.2. The molecule has 1 heterocycles. The normalized spacial score (nSPS) is 16.0. The largest absolute Gasteiger partial charge is 0.367 e. The molecule has 1 aliphatic rings. The Balaban J connectivity index is 1.88. The monoisotopic (exact) mass is 379 g/mol. The first-order valence-corrected chi connectivity index (χ1v) is 10.2. The molecule has 0 radical (unpaired) electrons. The van der Waals surface area contributed by atoms with Crippen LogP contribution >= 0.6 is 11.6 Å². The van der Waals surface area contributed by atoms with Gasteiger partial charge in [0.25, 0.3) is 10.0 Å². The third-order valence-electron chi connectivity index (χ3n) is 4.42. The van der Waals surface area contributed by atoms with Crippen molar-refractivity contribution in [1.29, 1.82) is 0 Å². The lowest BCUT2D eigenvalue weighted by atomic mass is 10.2. The number of anilines is 2. The molecule has 0 aliphatic carbocycles. The van der Waals surface area contributed by atoms with Gasteiger partial charge in [-0.15, -0.1) is 0 Å². The molecule has 1 saturated heterocycles. The minimum atomic E-state index is -3.65. The molecule has 0 amide bonds. The van der Waals surface area contributed by atoms with E-state index in [0.717, 1.165) is 38.4 Å². The number of likely N-dealkylation sites (N-methyl/N-ethyl adjacent to an activating group) is 1. The van der Waals surface area contributed by atoms with Crippen LogP contribution in [0.3, 0.4) is 0 Å². The smallest absolute Gasteiger partial charge is 0.261 e. The molecule has 1 aliphatic heterocycles. The topological polar surface area (TPSA) is 52.6 Å². The Hall–Kier alpha value is -1.76. The van der Waals surface area contributed by atoms with Gasteiger partial charge in [0, 0.05) is 31.2 Å². The van der Waals surface area contributed by atoms with Crippen molar-refractivity contribution in [3.63, 3.8) is 0 Å². The quantitative estimate of drug-likeness (QED) is 0.866. The molecular formula is C18H22ClN3O2S. The second kappa shape index (κ2) is 7.64. The number of nitrogens with one attached hydrogen (secondary N) is 1. The molecule has 7 heteroatoms. The number of hydrogen-bond acceptors (Lipinski definition) is 4. The summed E-state index contributed by atoms with van der Waals surface area (Å²) in [5.74, 6) is 0. The van der Waals surface area contributed by atoms with Crippen molar-refractivity contribution < 1.29 is 8.42 Å². The highest BCUT2D eigenvalue weighted by molar-refractivity contribution is 7.92. The molecule has 0 spiro atoms. The molecule has 0 saturated carbocycles. The third-order valence-corrected chi connectivity index (χ3v) is 6.03. The van der Waals surface area contributed by atoms with E-state index in [4.69, 9.17) is 11.6 Å². The highest BCUT2D eigenvalue weighted by Crippen LogP contribution is 2.31. The van der Waals surface area contributed by atoms with Crippen LogP contribution < -0.4 is 9.62 Å². The van der Waals surface area contributed by atoms with Gasteiger partial charge in [0.15, 0.2) is 0 Å². The number of rotatable bonds is 5. The first kappa shape index (κ1) is 18.0. The molecule has 2 aromatic rings. The van der Waals surface area contributed by atoms with Crippen LogP contribution in [0, 0.1) is 0 Å². The number of halogens is 1. The summed E-state index contributed by atoms with van der Waals surface area (Å²) in [5.41, 5.74) is 1.38. The van der Waals surface area contributed by atoms with Crippen LogP contribution in [0.4, 0.5) is 11.4 Å². The van der Waals surface area contributed by atoms with Gasteiger partial charge in [0.2, 0.25) is 0 Å². The van der Waals surface area contributed by atoms with Crippen molar-refractivity contribution in [2.45, 2.75) is 11.8 Å². The second-order valence-electron chi connectivity index (χ2n) is 6.00. The molecular weight excluding hydrogens is 358 g/mol. The van der Waals surface area contributed by atoms with E-state index in [9.17, 15) is 8.42 Å². The average molecular weight is 380 g/mol. The summed E-state index contributed by atoms with van der Waals surface area (Å²) in [5, 5.41) is 0.502. The van der Waals surface area contributed by atoms with Gasteiger partial charge >= 0.3 is 0 Å². The lowest BCUT2D eigenvalue weighted by Gasteiger charge is -2.36. The summed E-state index contributed by atoms with van der Waals surface area (Å²) in [7, 11) is -3.65. The van der Waals surface area contributed by atoms with E-state index < -0.39 is 10.0 Å². The molecule has 134 valence electrons. The first-order chi connectivity index (χ1) is 12.0. The summed E-state index contributed by atoms with van der Waals surface area (Å²) in [4.78, 5) is 4.81. The number of piperazine rings is 1. The zero-order chi connectivity index (χ0) is 17.9. The molecule has 0 bridgehead atoms. The van der Waals surface area contributed by atoms with E-state index in [1.54, 1.807) is 42.5 Å². The fraction of sp³-hybridized carbons (Fsp3) is 0.333. The Bertz CT molecular complexity index is 819. The van der Waals surface area contributed by atoms with Crippen LogP contribution in [-0.4, -0.2) is 46.0 Å². The molecule has 0 unspecified atom stereocenters. The predicted molar refractivity (Wildman–Crippen MR) is 103 cm³/mol. The van der Waals surface area contributed by atoms with Gasteiger partial charge in [0.05, 0.1) is 16.3 Å². The Morgan fingerprint density at radius 2 is 1.72 bits per heavy atom. The summed E-state index contributed by atoms with van der Waals surface area (Å²) >= 11 is 6.11. The molecule has 0 aromatic heterocycles. The van der Waals surface area contributed by atoms with Gasteiger partial charge in [-0.25, -0.2) is 8.42 Å². The van der Waals surface area contributed by atoms with E-state index in [-0.39, 0.29) is 4.90 Å². The van der Waals surface area contributed by atoms with Gasteiger partial charge in [-0.3, -0.25) is 4.72 Å². The Morgan fingerprint density at radius 3 is 2.36 bits per heavy atom. The number of sulfonamides is 1. The van der Waals surface area contributed by atoms with E-state index in [0.29, 0.717) is 10.7 Å². The van der Waals surface area contributed by atoms with Crippen molar-refractivity contribution in [3.8, 4) is 0 Å². The first-order valence-electron chi connectivity index (χ1n) is 8.34. The standard InChI is InChI=1S/C18H22ClN3O2S/c1-2-21-10-12-22(13-11-21)18-9-8-15(19)14-17(18)20-25(23,24)16-6-4-3-5-7-16/h3-9,14,20H,2,10-13H2,1H3. The fourth-order valence-electron chi connectivity index (χ4n) is 2.97. The second-order valence-corrected chi connectivity index (χ2v) is 8.12. The van der Waals surface area contributed by atoms with E-state index in [2.05, 4.69) is 21.4 Å². The molecule has 2 aromatic carbocycles. The maximum absolute atomic E-state index is 12.7. The predicted octanol–water partition coefficient (Wildman–Crippen LogP) is 3.28. The Labute approximate surface area is 154 Å². The minimum absolute atomic E-state index is 0.233. The minimum Gasteiger partial charge on any atom is -0.367 e. The number of hydrogen-bond donors (Lipinski definition) is 1. The van der Waals surface area contributed by atoms with Gasteiger partial charge < -0.3 is 9.80 Å². The van der Waals surface area contributed by atoms with Crippen LogP contribution in [0.5, 0.6) is 0 Å². The number of nitrogens with zero attached hydrogens (tertiary/aromatic N) is 2. The molecule has 3 rings (SSSR count). The lowest BCUT2D eigenvalue weighted by molar-refractivity contribution is 0.271. The van der Waals surface area contributed by atoms with Gasteiger partial charge in [0.1, 0.15) is 0 Å². The van der Waals surface area contributed by atoms with Gasteiger partial charge in [-0.2, -0.15) is 0 Å². The molecule has 1 N–H and O–H groups in total.